The van der Waals surface area contributed by atoms with Gasteiger partial charge in [-0.2, -0.15) is 0 Å². The molecule has 13 atom stereocenters. The Hall–Kier alpha value is -6.11. The first kappa shape index (κ1) is 73.9. The fraction of sp³-hybridized carbons (Fsp3) is 0.792. The fourth-order valence-electron chi connectivity index (χ4n) is 8.76. The highest BCUT2D eigenvalue weighted by Crippen LogP contribution is 2.14. The van der Waals surface area contributed by atoms with Crippen LogP contribution in [-0.2, 0) is 52.7 Å². The number of nitrogens with one attached hydrogen (secondary N) is 11. The molecule has 1 heterocycles. The van der Waals surface area contributed by atoms with Gasteiger partial charge >= 0.3 is 0 Å². The molecule has 0 aromatic rings. The first-order valence-electron chi connectivity index (χ1n) is 28.8. The minimum atomic E-state index is -1.69. The second-order valence-corrected chi connectivity index (χ2v) is 22.0. The first-order chi connectivity index (χ1) is 38.7. The molecule has 0 aliphatic carbocycles. The van der Waals surface area contributed by atoms with Crippen LogP contribution in [0.5, 0.6) is 0 Å². The summed E-state index contributed by atoms with van der Waals surface area (Å²) >= 11 is 0. The zero-order valence-electron chi connectivity index (χ0n) is 49.4. The average molecular weight is 1170 g/mol. The van der Waals surface area contributed by atoms with E-state index in [-0.39, 0.29) is 95.9 Å². The number of aliphatic hydroxyl groups is 2. The lowest BCUT2D eigenvalue weighted by molar-refractivity contribution is -0.137. The molecule has 23 N–H and O–H groups in total. The molecule has 1 aliphatic rings. The minimum absolute atomic E-state index is 0.0131. The van der Waals surface area contributed by atoms with Crippen LogP contribution < -0.4 is 87.2 Å². The van der Waals surface area contributed by atoms with E-state index in [1.165, 1.54) is 13.8 Å². The van der Waals surface area contributed by atoms with Crippen molar-refractivity contribution in [2.45, 2.75) is 211 Å². The summed E-state index contributed by atoms with van der Waals surface area (Å²) in [7, 11) is 0. The van der Waals surface area contributed by atoms with E-state index in [0.29, 0.717) is 12.3 Å². The number of carbonyl (C=O) groups is 11. The standard InChI is InChI=1S/C53H100N16O13/c1-9-30(6)12-10-11-13-41(72)60-33(14-20-54)48(77)69-43(32(8)71)53(82)65-36(17-23-57)45(74)64-38-19-25-59-52(81)42(31(7)70)68-49(78)37(18-24-58)62-44(73)34(15-21-55)63-50(79)39(26-28(2)3)67-51(80)40(27-29(4)5)66-46(75)35(16-22-56)61-47(38)76/h28-40,42-43,70-71H,9-27,54-58H2,1-8H3,(H,59,81)(H,60,72)(H,61,76)(H,62,73)(H,63,79)(H,64,74)(H,65,82)(H,66,75)(H,67,80)(H,68,78)(H,69,77)/t30-,31-,32-,33+,34+,35+,36+,37-,38+,39+,40-,42+,43+/m1/s1. The van der Waals surface area contributed by atoms with Gasteiger partial charge in [-0.1, -0.05) is 60.8 Å². The molecule has 470 valence electrons. The highest BCUT2D eigenvalue weighted by atomic mass is 16.3. The van der Waals surface area contributed by atoms with Gasteiger partial charge in [0.1, 0.15) is 60.4 Å². The van der Waals surface area contributed by atoms with Gasteiger partial charge in [-0.15, -0.1) is 0 Å². The van der Waals surface area contributed by atoms with Crippen LogP contribution in [0, 0.1) is 17.8 Å². The maximum Gasteiger partial charge on any atom is 0.245 e. The summed E-state index contributed by atoms with van der Waals surface area (Å²) in [5.41, 5.74) is 29.2. The van der Waals surface area contributed by atoms with Gasteiger partial charge in [-0.3, -0.25) is 52.7 Å². The summed E-state index contributed by atoms with van der Waals surface area (Å²) in [5.74, 6) is -9.49. The molecule has 29 nitrogen and oxygen atoms in total. The Labute approximate surface area is 482 Å². The van der Waals surface area contributed by atoms with Crippen molar-refractivity contribution < 1.29 is 63.0 Å². The van der Waals surface area contributed by atoms with Crippen molar-refractivity contribution >= 4 is 65.0 Å². The quantitative estimate of drug-likeness (QED) is 0.0311. The molecule has 0 aromatic heterocycles. The topological polar surface area (TPSA) is 491 Å². The van der Waals surface area contributed by atoms with Crippen molar-refractivity contribution in [3.05, 3.63) is 0 Å². The van der Waals surface area contributed by atoms with Gasteiger partial charge in [0, 0.05) is 13.0 Å². The Balaban J connectivity index is 3.81. The van der Waals surface area contributed by atoms with Crippen LogP contribution in [-0.4, -0.2) is 187 Å². The number of amides is 11. The van der Waals surface area contributed by atoms with E-state index < -0.39 is 151 Å². The van der Waals surface area contributed by atoms with Gasteiger partial charge in [-0.05, 0) is 122 Å². The molecular formula is C53H100N16O13. The zero-order valence-corrected chi connectivity index (χ0v) is 49.4. The van der Waals surface area contributed by atoms with Crippen LogP contribution in [0.4, 0.5) is 0 Å². The van der Waals surface area contributed by atoms with Gasteiger partial charge < -0.3 is 97.4 Å². The summed E-state index contributed by atoms with van der Waals surface area (Å²) in [6, 6.07) is -14.5. The van der Waals surface area contributed by atoms with E-state index in [1.54, 1.807) is 27.7 Å². The molecule has 1 fully saturated rings. The highest BCUT2D eigenvalue weighted by Gasteiger charge is 2.37. The minimum Gasteiger partial charge on any atom is -0.391 e. The lowest BCUT2D eigenvalue weighted by Crippen LogP contribution is -2.62. The molecule has 0 bridgehead atoms. The first-order valence-corrected chi connectivity index (χ1v) is 28.8. The molecule has 0 aromatic carbocycles. The van der Waals surface area contributed by atoms with Crippen LogP contribution in [0.15, 0.2) is 0 Å². The normalized spacial score (nSPS) is 23.4. The number of hydrogen-bond acceptors (Lipinski definition) is 18. The molecular weight excluding hydrogens is 1070 g/mol. The largest absolute Gasteiger partial charge is 0.391 e. The summed E-state index contributed by atoms with van der Waals surface area (Å²) < 4.78 is 0. The number of aliphatic hydroxyl groups excluding tert-OH is 2. The van der Waals surface area contributed by atoms with Crippen LogP contribution in [0.3, 0.4) is 0 Å². The predicted molar refractivity (Wildman–Crippen MR) is 305 cm³/mol. The molecule has 82 heavy (non-hydrogen) atoms. The number of hydrogen-bond donors (Lipinski definition) is 18. The van der Waals surface area contributed by atoms with Crippen LogP contribution in [0.25, 0.3) is 0 Å². The van der Waals surface area contributed by atoms with E-state index in [4.69, 9.17) is 28.7 Å². The average Bonchev–Trinajstić information content (AvgIpc) is 3.41. The SMILES string of the molecule is CC[C@@H](C)CCCCC(=O)N[C@@H](CCN)C(=O)N[C@H](C(=O)N[C@@H](CCN)C(=O)N[C@H]1CCNC(=O)[C@H]([C@@H](C)O)NC(=O)[C@@H](CCN)NC(=O)[C@H](CCN)NC(=O)[C@H](CC(C)C)NC(=O)[C@@H](CC(C)C)NC(=O)[C@H](CCN)NC1=O)[C@@H](C)O. The van der Waals surface area contributed by atoms with Crippen molar-refractivity contribution in [2.75, 3.05) is 39.3 Å². The Morgan fingerprint density at radius 2 is 0.963 bits per heavy atom. The van der Waals surface area contributed by atoms with Gasteiger partial charge in [0.15, 0.2) is 0 Å². The molecule has 1 rings (SSSR count). The van der Waals surface area contributed by atoms with E-state index in [1.807, 2.05) is 0 Å². The Bertz CT molecular complexity index is 2070. The Morgan fingerprint density at radius 3 is 1.39 bits per heavy atom. The molecule has 29 heteroatoms. The van der Waals surface area contributed by atoms with Crippen molar-refractivity contribution in [1.29, 1.82) is 0 Å². The monoisotopic (exact) mass is 1170 g/mol. The summed E-state index contributed by atoms with van der Waals surface area (Å²) in [4.78, 5) is 153. The number of nitrogens with two attached hydrogens (primary N) is 5. The summed E-state index contributed by atoms with van der Waals surface area (Å²) in [6.45, 7) is 12.6. The molecule has 11 amide bonds. The third-order valence-electron chi connectivity index (χ3n) is 13.7. The van der Waals surface area contributed by atoms with Gasteiger partial charge in [0.25, 0.3) is 0 Å². The van der Waals surface area contributed by atoms with Crippen LogP contribution >= 0.6 is 0 Å². The summed E-state index contributed by atoms with van der Waals surface area (Å²) in [5, 5.41) is 49.5. The molecule has 1 aliphatic heterocycles. The number of unbranched alkanes of at least 4 members (excludes halogenated alkanes) is 1. The summed E-state index contributed by atoms with van der Waals surface area (Å²) in [6.07, 6.45) is -0.760. The van der Waals surface area contributed by atoms with E-state index in [0.717, 1.165) is 19.3 Å². The molecule has 1 saturated heterocycles. The molecule has 0 spiro atoms. The Kier molecular flexibility index (Phi) is 35.5. The third-order valence-corrected chi connectivity index (χ3v) is 13.7. The maximum atomic E-state index is 14.4. The van der Waals surface area contributed by atoms with Crippen molar-refractivity contribution in [3.8, 4) is 0 Å². The lowest BCUT2D eigenvalue weighted by Gasteiger charge is -2.29. The second-order valence-electron chi connectivity index (χ2n) is 22.0. The van der Waals surface area contributed by atoms with E-state index >= 15 is 0 Å². The number of rotatable bonds is 29. The van der Waals surface area contributed by atoms with Crippen LogP contribution in [0.2, 0.25) is 0 Å². The van der Waals surface area contributed by atoms with E-state index in [9.17, 15) is 63.0 Å². The van der Waals surface area contributed by atoms with Gasteiger partial charge in [-0.25, -0.2) is 0 Å². The smallest absolute Gasteiger partial charge is 0.245 e. The van der Waals surface area contributed by atoms with Crippen molar-refractivity contribution in [3.63, 3.8) is 0 Å². The third kappa shape index (κ3) is 27.3. The molecule has 0 radical (unpaired) electrons. The van der Waals surface area contributed by atoms with Gasteiger partial charge in [0.05, 0.1) is 12.2 Å². The van der Waals surface area contributed by atoms with Crippen molar-refractivity contribution in [1.82, 2.24) is 58.5 Å². The molecule has 0 saturated carbocycles. The Morgan fingerprint density at radius 1 is 0.524 bits per heavy atom. The predicted octanol–water partition coefficient (Wildman–Crippen LogP) is -5.44. The fourth-order valence-corrected chi connectivity index (χ4v) is 8.76. The highest BCUT2D eigenvalue weighted by molar-refractivity contribution is 5.99. The zero-order chi connectivity index (χ0) is 62.2. The van der Waals surface area contributed by atoms with Gasteiger partial charge in [0.2, 0.25) is 65.0 Å². The van der Waals surface area contributed by atoms with E-state index in [2.05, 4.69) is 72.3 Å². The lowest BCUT2D eigenvalue weighted by atomic mass is 9.99. The maximum absolute atomic E-state index is 14.4. The van der Waals surface area contributed by atoms with Crippen molar-refractivity contribution in [2.24, 2.45) is 46.4 Å². The number of carbonyl (C=O) groups excluding carboxylic acids is 11. The second kappa shape index (κ2) is 39.4. The molecule has 0 unspecified atom stereocenters. The van der Waals surface area contributed by atoms with Crippen LogP contribution in [0.1, 0.15) is 139 Å².